The Bertz CT molecular complexity index is 966. The van der Waals surface area contributed by atoms with Crippen LogP contribution in [0, 0.1) is 5.82 Å². The van der Waals surface area contributed by atoms with E-state index >= 15 is 0 Å². The molecule has 0 aliphatic carbocycles. The third-order valence-electron chi connectivity index (χ3n) is 5.00. The van der Waals surface area contributed by atoms with Gasteiger partial charge in [0.15, 0.2) is 0 Å². The summed E-state index contributed by atoms with van der Waals surface area (Å²) < 4.78 is 18.9. The van der Waals surface area contributed by atoms with Gasteiger partial charge in [0.1, 0.15) is 5.82 Å². The monoisotopic (exact) mass is 397 g/mol. The van der Waals surface area contributed by atoms with Gasteiger partial charge in [-0.05, 0) is 55.5 Å². The van der Waals surface area contributed by atoms with Crippen LogP contribution in [-0.2, 0) is 0 Å². The number of carbonyl (C=O) groups excluding carboxylic acids is 1. The SMILES string of the molecule is CSc1ccccc1C(=O)N1CCC(c2nnc(-c3ccc(F)cc3)o2)CC1. The van der Waals surface area contributed by atoms with E-state index in [4.69, 9.17) is 4.42 Å². The summed E-state index contributed by atoms with van der Waals surface area (Å²) in [5, 5.41) is 8.27. The Balaban J connectivity index is 1.42. The van der Waals surface area contributed by atoms with Crippen molar-refractivity contribution in [1.29, 1.82) is 0 Å². The molecule has 1 aromatic heterocycles. The topological polar surface area (TPSA) is 59.2 Å². The number of aromatic nitrogens is 2. The normalized spacial score (nSPS) is 15.0. The van der Waals surface area contributed by atoms with Gasteiger partial charge in [-0.3, -0.25) is 4.79 Å². The molecule has 0 spiro atoms. The fourth-order valence-electron chi connectivity index (χ4n) is 3.43. The number of likely N-dealkylation sites (tertiary alicyclic amines) is 1. The molecule has 2 heterocycles. The molecule has 0 bridgehead atoms. The van der Waals surface area contributed by atoms with Gasteiger partial charge in [-0.25, -0.2) is 4.39 Å². The smallest absolute Gasteiger partial charge is 0.254 e. The fraction of sp³-hybridized carbons (Fsp3) is 0.286. The summed E-state index contributed by atoms with van der Waals surface area (Å²) in [4.78, 5) is 15.8. The van der Waals surface area contributed by atoms with Crippen LogP contribution in [0.4, 0.5) is 4.39 Å². The lowest BCUT2D eigenvalue weighted by Gasteiger charge is -2.31. The minimum Gasteiger partial charge on any atom is -0.420 e. The molecule has 0 atom stereocenters. The predicted molar refractivity (Wildman–Crippen MR) is 106 cm³/mol. The number of hydrogen-bond donors (Lipinski definition) is 0. The second kappa shape index (κ2) is 8.14. The third kappa shape index (κ3) is 3.80. The van der Waals surface area contributed by atoms with Crippen molar-refractivity contribution in [3.63, 3.8) is 0 Å². The first-order chi connectivity index (χ1) is 13.7. The summed E-state index contributed by atoms with van der Waals surface area (Å²) >= 11 is 1.58. The van der Waals surface area contributed by atoms with Crippen molar-refractivity contribution in [3.05, 3.63) is 65.8 Å². The Labute approximate surface area is 167 Å². The largest absolute Gasteiger partial charge is 0.420 e. The summed E-state index contributed by atoms with van der Waals surface area (Å²) in [6.07, 6.45) is 3.53. The molecular formula is C21H20FN3O2S. The van der Waals surface area contributed by atoms with Crippen LogP contribution >= 0.6 is 11.8 Å². The molecule has 3 aromatic rings. The molecule has 28 heavy (non-hydrogen) atoms. The molecular weight excluding hydrogens is 377 g/mol. The van der Waals surface area contributed by atoms with E-state index in [9.17, 15) is 9.18 Å². The molecule has 5 nitrogen and oxygen atoms in total. The van der Waals surface area contributed by atoms with Gasteiger partial charge in [0, 0.05) is 29.5 Å². The number of carbonyl (C=O) groups is 1. The molecule has 0 radical (unpaired) electrons. The van der Waals surface area contributed by atoms with Crippen molar-refractivity contribution in [1.82, 2.24) is 15.1 Å². The maximum atomic E-state index is 13.1. The fourth-order valence-corrected chi connectivity index (χ4v) is 4.02. The first-order valence-electron chi connectivity index (χ1n) is 9.17. The van der Waals surface area contributed by atoms with Crippen molar-refractivity contribution >= 4 is 17.7 Å². The lowest BCUT2D eigenvalue weighted by atomic mass is 9.96. The highest BCUT2D eigenvalue weighted by molar-refractivity contribution is 7.98. The molecule has 1 fully saturated rings. The molecule has 144 valence electrons. The molecule has 4 rings (SSSR count). The average Bonchev–Trinajstić information content (AvgIpc) is 3.24. The quantitative estimate of drug-likeness (QED) is 0.602. The maximum Gasteiger partial charge on any atom is 0.254 e. The average molecular weight is 397 g/mol. The van der Waals surface area contributed by atoms with Crippen molar-refractivity contribution in [2.75, 3.05) is 19.3 Å². The predicted octanol–water partition coefficient (Wildman–Crippen LogP) is 4.62. The van der Waals surface area contributed by atoms with E-state index in [2.05, 4.69) is 10.2 Å². The highest BCUT2D eigenvalue weighted by atomic mass is 32.2. The zero-order chi connectivity index (χ0) is 19.5. The van der Waals surface area contributed by atoms with Gasteiger partial charge in [0.05, 0.1) is 5.56 Å². The number of hydrogen-bond acceptors (Lipinski definition) is 5. The zero-order valence-corrected chi connectivity index (χ0v) is 16.3. The van der Waals surface area contributed by atoms with Crippen LogP contribution in [0.25, 0.3) is 11.5 Å². The first kappa shape index (κ1) is 18.7. The van der Waals surface area contributed by atoms with E-state index in [0.29, 0.717) is 30.4 Å². The molecule has 7 heteroatoms. The van der Waals surface area contributed by atoms with Gasteiger partial charge >= 0.3 is 0 Å². The number of benzene rings is 2. The Morgan fingerprint density at radius 1 is 1.11 bits per heavy atom. The number of halogens is 1. The Morgan fingerprint density at radius 3 is 2.54 bits per heavy atom. The molecule has 1 amide bonds. The van der Waals surface area contributed by atoms with Gasteiger partial charge < -0.3 is 9.32 Å². The van der Waals surface area contributed by atoms with Crippen LogP contribution < -0.4 is 0 Å². The first-order valence-corrected chi connectivity index (χ1v) is 10.4. The molecule has 0 unspecified atom stereocenters. The maximum absolute atomic E-state index is 13.1. The van der Waals surface area contributed by atoms with Crippen molar-refractivity contribution < 1.29 is 13.6 Å². The molecule has 1 saturated heterocycles. The molecule has 0 saturated carbocycles. The van der Waals surface area contributed by atoms with Gasteiger partial charge in [-0.15, -0.1) is 22.0 Å². The zero-order valence-electron chi connectivity index (χ0n) is 15.5. The summed E-state index contributed by atoms with van der Waals surface area (Å²) in [6, 6.07) is 13.7. The van der Waals surface area contributed by atoms with E-state index in [-0.39, 0.29) is 17.6 Å². The lowest BCUT2D eigenvalue weighted by Crippen LogP contribution is -2.38. The van der Waals surface area contributed by atoms with Gasteiger partial charge in [0.25, 0.3) is 5.91 Å². The number of amides is 1. The van der Waals surface area contributed by atoms with E-state index in [0.717, 1.165) is 23.3 Å². The lowest BCUT2D eigenvalue weighted by molar-refractivity contribution is 0.0703. The number of nitrogens with zero attached hydrogens (tertiary/aromatic N) is 3. The Kier molecular flexibility index (Phi) is 5.43. The van der Waals surface area contributed by atoms with Gasteiger partial charge in [-0.1, -0.05) is 12.1 Å². The number of rotatable bonds is 4. The van der Waals surface area contributed by atoms with Crippen LogP contribution in [0.15, 0.2) is 57.8 Å². The van der Waals surface area contributed by atoms with Crippen LogP contribution in [0.2, 0.25) is 0 Å². The molecule has 0 N–H and O–H groups in total. The van der Waals surface area contributed by atoms with Crippen molar-refractivity contribution in [3.8, 4) is 11.5 Å². The second-order valence-corrected chi connectivity index (χ2v) is 7.57. The van der Waals surface area contributed by atoms with E-state index in [1.54, 1.807) is 23.9 Å². The minimum atomic E-state index is -0.302. The molecule has 1 aliphatic heterocycles. The third-order valence-corrected chi connectivity index (χ3v) is 5.80. The molecule has 1 aliphatic rings. The van der Waals surface area contributed by atoms with E-state index < -0.39 is 0 Å². The van der Waals surface area contributed by atoms with Crippen molar-refractivity contribution in [2.45, 2.75) is 23.7 Å². The summed E-state index contributed by atoms with van der Waals surface area (Å²) in [7, 11) is 0. The Hall–Kier alpha value is -2.67. The van der Waals surface area contributed by atoms with Gasteiger partial charge in [0.2, 0.25) is 11.8 Å². The number of thioether (sulfide) groups is 1. The molecule has 2 aromatic carbocycles. The van der Waals surface area contributed by atoms with E-state index in [1.807, 2.05) is 35.4 Å². The summed E-state index contributed by atoms with van der Waals surface area (Å²) in [5.74, 6) is 0.865. The van der Waals surface area contributed by atoms with Crippen molar-refractivity contribution in [2.24, 2.45) is 0 Å². The summed E-state index contributed by atoms with van der Waals surface area (Å²) in [5.41, 5.74) is 1.45. The van der Waals surface area contributed by atoms with Crippen LogP contribution in [-0.4, -0.2) is 40.3 Å². The summed E-state index contributed by atoms with van der Waals surface area (Å²) in [6.45, 7) is 1.31. The van der Waals surface area contributed by atoms with Gasteiger partial charge in [-0.2, -0.15) is 0 Å². The number of piperidine rings is 1. The highest BCUT2D eigenvalue weighted by Gasteiger charge is 2.28. The standard InChI is InChI=1S/C21H20FN3O2S/c1-28-18-5-3-2-4-17(18)21(26)25-12-10-15(11-13-25)20-24-23-19(27-20)14-6-8-16(22)9-7-14/h2-9,15H,10-13H2,1H3. The van der Waals surface area contributed by atoms with E-state index in [1.165, 1.54) is 12.1 Å². The van der Waals surface area contributed by atoms with Crippen LogP contribution in [0.5, 0.6) is 0 Å². The Morgan fingerprint density at radius 2 is 1.82 bits per heavy atom. The second-order valence-electron chi connectivity index (χ2n) is 6.72. The highest BCUT2D eigenvalue weighted by Crippen LogP contribution is 2.31. The van der Waals surface area contributed by atoms with Crippen LogP contribution in [0.3, 0.4) is 0 Å². The van der Waals surface area contributed by atoms with Crippen LogP contribution in [0.1, 0.15) is 35.0 Å². The minimum absolute atomic E-state index is 0.0703.